The van der Waals surface area contributed by atoms with Gasteiger partial charge in [-0.25, -0.2) is 0 Å². The smallest absolute Gasteiger partial charge is 0.0619 e. The van der Waals surface area contributed by atoms with Crippen molar-refractivity contribution in [3.05, 3.63) is 0 Å². The van der Waals surface area contributed by atoms with Gasteiger partial charge < -0.3 is 10.5 Å². The van der Waals surface area contributed by atoms with Crippen molar-refractivity contribution in [3.63, 3.8) is 0 Å². The molecule has 1 heterocycles. The molecule has 1 aliphatic carbocycles. The molecule has 0 aromatic carbocycles. The number of hydrogen-bond donors (Lipinski definition) is 1. The standard InChI is InChI=1S/C15H30N2O/c1-13-12-18-10-9-17(13)15(11-16)14-7-5-3-2-4-6-8-14/h13-15H,2-12,16H2,1H3. The molecule has 1 aliphatic heterocycles. The quantitative estimate of drug-likeness (QED) is 0.840. The molecule has 0 amide bonds. The van der Waals surface area contributed by atoms with Crippen molar-refractivity contribution < 1.29 is 4.74 Å². The predicted octanol–water partition coefficient (Wildman–Crippen LogP) is 2.39. The molecule has 0 aromatic rings. The highest BCUT2D eigenvalue weighted by molar-refractivity contribution is 4.85. The van der Waals surface area contributed by atoms with Gasteiger partial charge in [0.25, 0.3) is 0 Å². The minimum absolute atomic E-state index is 0.540. The first-order valence-corrected chi connectivity index (χ1v) is 7.86. The van der Waals surface area contributed by atoms with E-state index in [-0.39, 0.29) is 0 Å². The van der Waals surface area contributed by atoms with Gasteiger partial charge in [-0.1, -0.05) is 32.1 Å². The molecule has 2 unspecified atom stereocenters. The Morgan fingerprint density at radius 1 is 1.17 bits per heavy atom. The maximum atomic E-state index is 6.10. The average molecular weight is 254 g/mol. The van der Waals surface area contributed by atoms with Gasteiger partial charge in [0, 0.05) is 25.2 Å². The van der Waals surface area contributed by atoms with Gasteiger partial charge in [-0.2, -0.15) is 0 Å². The van der Waals surface area contributed by atoms with Gasteiger partial charge in [-0.3, -0.25) is 4.90 Å². The van der Waals surface area contributed by atoms with E-state index < -0.39 is 0 Å². The minimum Gasteiger partial charge on any atom is -0.379 e. The van der Waals surface area contributed by atoms with Gasteiger partial charge in [0.1, 0.15) is 0 Å². The van der Waals surface area contributed by atoms with Crippen molar-refractivity contribution in [3.8, 4) is 0 Å². The summed E-state index contributed by atoms with van der Waals surface area (Å²) in [6, 6.07) is 1.12. The van der Waals surface area contributed by atoms with Gasteiger partial charge in [-0.15, -0.1) is 0 Å². The van der Waals surface area contributed by atoms with Gasteiger partial charge >= 0.3 is 0 Å². The molecule has 0 spiro atoms. The Balaban J connectivity index is 1.96. The first-order chi connectivity index (χ1) is 8.83. The summed E-state index contributed by atoms with van der Waals surface area (Å²) in [5, 5.41) is 0. The molecule has 2 aliphatic rings. The van der Waals surface area contributed by atoms with Gasteiger partial charge in [0.05, 0.1) is 13.2 Å². The number of nitrogens with two attached hydrogens (primary N) is 1. The van der Waals surface area contributed by atoms with Crippen molar-refractivity contribution >= 4 is 0 Å². The predicted molar refractivity (Wildman–Crippen MR) is 75.6 cm³/mol. The summed E-state index contributed by atoms with van der Waals surface area (Å²) in [6.45, 7) is 5.93. The molecule has 3 nitrogen and oxygen atoms in total. The van der Waals surface area contributed by atoms with Crippen LogP contribution < -0.4 is 5.73 Å². The summed E-state index contributed by atoms with van der Waals surface area (Å²) in [4.78, 5) is 2.62. The van der Waals surface area contributed by atoms with Crippen molar-refractivity contribution in [2.45, 2.75) is 64.0 Å². The zero-order valence-corrected chi connectivity index (χ0v) is 11.9. The number of rotatable bonds is 3. The molecule has 0 aromatic heterocycles. The van der Waals surface area contributed by atoms with E-state index >= 15 is 0 Å². The molecule has 106 valence electrons. The molecule has 2 rings (SSSR count). The molecule has 0 radical (unpaired) electrons. The molecular formula is C15H30N2O. The molecule has 3 heteroatoms. The second kappa shape index (κ2) is 7.46. The molecule has 2 fully saturated rings. The fourth-order valence-corrected chi connectivity index (χ4v) is 3.70. The molecule has 18 heavy (non-hydrogen) atoms. The first kappa shape index (κ1) is 14.3. The van der Waals surface area contributed by atoms with Crippen LogP contribution in [0.1, 0.15) is 51.9 Å². The largest absolute Gasteiger partial charge is 0.379 e. The molecular weight excluding hydrogens is 224 g/mol. The fraction of sp³-hybridized carbons (Fsp3) is 1.00. The van der Waals surface area contributed by atoms with Crippen LogP contribution in [0.2, 0.25) is 0 Å². The van der Waals surface area contributed by atoms with E-state index in [1.54, 1.807) is 0 Å². The lowest BCUT2D eigenvalue weighted by atomic mass is 9.84. The third-order valence-corrected chi connectivity index (χ3v) is 4.78. The highest BCUT2D eigenvalue weighted by Gasteiger charge is 2.31. The average Bonchev–Trinajstić information content (AvgIpc) is 2.34. The van der Waals surface area contributed by atoms with Crippen molar-refractivity contribution in [2.75, 3.05) is 26.3 Å². The minimum atomic E-state index is 0.540. The van der Waals surface area contributed by atoms with Crippen LogP contribution >= 0.6 is 0 Å². The van der Waals surface area contributed by atoms with Crippen LogP contribution in [0.4, 0.5) is 0 Å². The second-order valence-electron chi connectivity index (χ2n) is 6.07. The fourth-order valence-electron chi connectivity index (χ4n) is 3.70. The molecule has 1 saturated heterocycles. The Labute approximate surface area is 112 Å². The van der Waals surface area contributed by atoms with Crippen molar-refractivity contribution in [1.29, 1.82) is 0 Å². The van der Waals surface area contributed by atoms with E-state index in [4.69, 9.17) is 10.5 Å². The Morgan fingerprint density at radius 2 is 1.83 bits per heavy atom. The molecule has 2 atom stereocenters. The molecule has 1 saturated carbocycles. The van der Waals surface area contributed by atoms with Crippen LogP contribution in [0, 0.1) is 5.92 Å². The summed E-state index contributed by atoms with van der Waals surface area (Å²) in [5.74, 6) is 0.816. The van der Waals surface area contributed by atoms with E-state index in [2.05, 4.69) is 11.8 Å². The molecule has 0 bridgehead atoms. The van der Waals surface area contributed by atoms with Gasteiger partial charge in [0.2, 0.25) is 0 Å². The van der Waals surface area contributed by atoms with E-state index in [0.29, 0.717) is 12.1 Å². The normalized spacial score (nSPS) is 30.7. The number of ether oxygens (including phenoxy) is 1. The van der Waals surface area contributed by atoms with Crippen LogP contribution in [-0.4, -0.2) is 43.3 Å². The Morgan fingerprint density at radius 3 is 2.44 bits per heavy atom. The maximum Gasteiger partial charge on any atom is 0.0619 e. The van der Waals surface area contributed by atoms with Gasteiger partial charge in [0.15, 0.2) is 0 Å². The topological polar surface area (TPSA) is 38.5 Å². The van der Waals surface area contributed by atoms with Crippen molar-refractivity contribution in [1.82, 2.24) is 4.90 Å². The number of hydrogen-bond acceptors (Lipinski definition) is 3. The van der Waals surface area contributed by atoms with Crippen LogP contribution in [0.3, 0.4) is 0 Å². The number of morpholine rings is 1. The zero-order chi connectivity index (χ0) is 12.8. The third kappa shape index (κ3) is 3.69. The summed E-state index contributed by atoms with van der Waals surface area (Å²) < 4.78 is 5.56. The maximum absolute atomic E-state index is 6.10. The number of nitrogens with zero attached hydrogens (tertiary/aromatic N) is 1. The molecule has 2 N–H and O–H groups in total. The summed E-state index contributed by atoms with van der Waals surface area (Å²) in [5.41, 5.74) is 6.10. The van der Waals surface area contributed by atoms with Crippen LogP contribution in [0.5, 0.6) is 0 Å². The van der Waals surface area contributed by atoms with E-state index in [1.165, 1.54) is 44.9 Å². The van der Waals surface area contributed by atoms with Crippen LogP contribution in [-0.2, 0) is 4.74 Å². The van der Waals surface area contributed by atoms with Gasteiger partial charge in [-0.05, 0) is 25.7 Å². The zero-order valence-electron chi connectivity index (χ0n) is 11.9. The van der Waals surface area contributed by atoms with Crippen LogP contribution in [0.25, 0.3) is 0 Å². The lowest BCUT2D eigenvalue weighted by Crippen LogP contribution is -2.54. The summed E-state index contributed by atoms with van der Waals surface area (Å²) in [7, 11) is 0. The van der Waals surface area contributed by atoms with E-state index in [1.807, 2.05) is 0 Å². The second-order valence-corrected chi connectivity index (χ2v) is 6.07. The van der Waals surface area contributed by atoms with E-state index in [9.17, 15) is 0 Å². The highest BCUT2D eigenvalue weighted by Crippen LogP contribution is 2.28. The Kier molecular flexibility index (Phi) is 5.93. The third-order valence-electron chi connectivity index (χ3n) is 4.78. The Bertz CT molecular complexity index is 227. The summed E-state index contributed by atoms with van der Waals surface area (Å²) in [6.07, 6.45) is 9.85. The van der Waals surface area contributed by atoms with Crippen LogP contribution in [0.15, 0.2) is 0 Å². The highest BCUT2D eigenvalue weighted by atomic mass is 16.5. The van der Waals surface area contributed by atoms with Crippen molar-refractivity contribution in [2.24, 2.45) is 11.7 Å². The summed E-state index contributed by atoms with van der Waals surface area (Å²) >= 11 is 0. The SMILES string of the molecule is CC1COCCN1C(CN)C1CCCCCCC1. The monoisotopic (exact) mass is 254 g/mol. The van der Waals surface area contributed by atoms with E-state index in [0.717, 1.165) is 32.2 Å². The lowest BCUT2D eigenvalue weighted by Gasteiger charge is -2.43. The first-order valence-electron chi connectivity index (χ1n) is 7.86. The lowest BCUT2D eigenvalue weighted by molar-refractivity contribution is -0.0351. The Hall–Kier alpha value is -0.120.